The molecule has 0 aliphatic carbocycles. The van der Waals surface area contributed by atoms with Crippen molar-refractivity contribution >= 4 is 17.3 Å². The number of anilines is 1. The minimum atomic E-state index is -1.27. The average molecular weight is 344 g/mol. The van der Waals surface area contributed by atoms with Crippen LogP contribution in [0.4, 0.5) is 14.5 Å². The van der Waals surface area contributed by atoms with E-state index in [0.717, 1.165) is 43.5 Å². The Kier molecular flexibility index (Phi) is 4.15. The second-order valence-electron chi connectivity index (χ2n) is 6.19. The molecule has 2 aromatic carbocycles. The second kappa shape index (κ2) is 6.46. The molecular weight excluding hydrogens is 326 g/mol. The zero-order valence-corrected chi connectivity index (χ0v) is 13.5. The van der Waals surface area contributed by atoms with E-state index in [4.69, 9.17) is 4.74 Å². The minimum Gasteiger partial charge on any atom is -0.460 e. The Morgan fingerprint density at radius 1 is 1.04 bits per heavy atom. The molecule has 25 heavy (non-hydrogen) atoms. The molecule has 1 fully saturated rings. The van der Waals surface area contributed by atoms with E-state index in [2.05, 4.69) is 10.2 Å². The van der Waals surface area contributed by atoms with Crippen LogP contribution in [-0.4, -0.2) is 37.6 Å². The van der Waals surface area contributed by atoms with Crippen LogP contribution in [0.15, 0.2) is 36.4 Å². The number of nitrogens with zero attached hydrogens (tertiary/aromatic N) is 1. The first-order valence-corrected chi connectivity index (χ1v) is 8.23. The quantitative estimate of drug-likeness (QED) is 0.879. The molecule has 1 saturated heterocycles. The largest absolute Gasteiger partial charge is 0.460 e. The van der Waals surface area contributed by atoms with Gasteiger partial charge in [-0.2, -0.15) is 0 Å². The van der Waals surface area contributed by atoms with Gasteiger partial charge in [-0.1, -0.05) is 0 Å². The van der Waals surface area contributed by atoms with Crippen LogP contribution in [-0.2, 0) is 0 Å². The maximum atomic E-state index is 13.5. The van der Waals surface area contributed by atoms with Gasteiger partial charge >= 0.3 is 0 Å². The molecule has 2 aromatic rings. The van der Waals surface area contributed by atoms with Crippen LogP contribution in [0.1, 0.15) is 11.1 Å². The van der Waals surface area contributed by atoms with Crippen LogP contribution < -0.4 is 15.0 Å². The summed E-state index contributed by atoms with van der Waals surface area (Å²) in [5.74, 6) is -0.824. The number of hydrogen-bond donors (Lipinski definition) is 2. The molecular formula is C19H18F2N2O2. The molecule has 6 heteroatoms. The lowest BCUT2D eigenvalue weighted by Gasteiger charge is -2.31. The number of benzene rings is 2. The van der Waals surface area contributed by atoms with E-state index in [1.807, 2.05) is 18.2 Å². The highest BCUT2D eigenvalue weighted by atomic mass is 19.1. The highest BCUT2D eigenvalue weighted by Gasteiger charge is 2.24. The fraction of sp³-hybridized carbons (Fsp3) is 0.263. The van der Waals surface area contributed by atoms with Gasteiger partial charge in [0.25, 0.3) is 0 Å². The third-order valence-corrected chi connectivity index (χ3v) is 4.49. The number of rotatable bonds is 2. The summed E-state index contributed by atoms with van der Waals surface area (Å²) in [6.45, 7) is 3.67. The number of ether oxygens (including phenoxy) is 1. The molecule has 4 nitrogen and oxygen atoms in total. The molecule has 4 rings (SSSR count). The van der Waals surface area contributed by atoms with Crippen molar-refractivity contribution in [2.45, 2.75) is 6.29 Å². The monoisotopic (exact) mass is 344 g/mol. The summed E-state index contributed by atoms with van der Waals surface area (Å²) in [6, 6.07) is 8.94. The Morgan fingerprint density at radius 3 is 2.48 bits per heavy atom. The van der Waals surface area contributed by atoms with Crippen LogP contribution in [0.3, 0.4) is 0 Å². The number of halogens is 2. The van der Waals surface area contributed by atoms with Gasteiger partial charge in [-0.3, -0.25) is 0 Å². The smallest absolute Gasteiger partial charge is 0.224 e. The molecule has 0 aromatic heterocycles. The van der Waals surface area contributed by atoms with Gasteiger partial charge in [-0.05, 0) is 35.9 Å². The van der Waals surface area contributed by atoms with E-state index in [1.165, 1.54) is 12.1 Å². The second-order valence-corrected chi connectivity index (χ2v) is 6.19. The van der Waals surface area contributed by atoms with E-state index >= 15 is 0 Å². The van der Waals surface area contributed by atoms with Crippen molar-refractivity contribution in [2.75, 3.05) is 31.1 Å². The van der Waals surface area contributed by atoms with Crippen molar-refractivity contribution in [2.24, 2.45) is 0 Å². The van der Waals surface area contributed by atoms with Gasteiger partial charge in [0.15, 0.2) is 0 Å². The van der Waals surface area contributed by atoms with Crippen LogP contribution in [0, 0.1) is 11.6 Å². The Labute approximate surface area is 144 Å². The average Bonchev–Trinajstić information content (AvgIpc) is 2.60. The number of aliphatic hydroxyl groups excluding tert-OH is 1. The van der Waals surface area contributed by atoms with Crippen molar-refractivity contribution in [1.29, 1.82) is 0 Å². The number of piperazine rings is 1. The van der Waals surface area contributed by atoms with Crippen molar-refractivity contribution in [3.63, 3.8) is 0 Å². The predicted octanol–water partition coefficient (Wildman–Crippen LogP) is 2.63. The SMILES string of the molecule is OC1Oc2cc(N3CCNCC3)ccc2C=C1c1cc(F)cc(F)c1. The zero-order chi connectivity index (χ0) is 17.4. The fourth-order valence-corrected chi connectivity index (χ4v) is 3.23. The van der Waals surface area contributed by atoms with Crippen LogP contribution >= 0.6 is 0 Å². The molecule has 0 radical (unpaired) electrons. The minimum absolute atomic E-state index is 0.266. The maximum absolute atomic E-state index is 13.5. The van der Waals surface area contributed by atoms with Crippen molar-refractivity contribution in [3.8, 4) is 5.75 Å². The van der Waals surface area contributed by atoms with Crippen LogP contribution in [0.2, 0.25) is 0 Å². The molecule has 0 saturated carbocycles. The Balaban J connectivity index is 1.68. The normalized spacial score (nSPS) is 19.9. The molecule has 1 atom stereocenters. The molecule has 130 valence electrons. The van der Waals surface area contributed by atoms with E-state index < -0.39 is 17.9 Å². The van der Waals surface area contributed by atoms with Gasteiger partial charge in [0.2, 0.25) is 6.29 Å². The highest BCUT2D eigenvalue weighted by Crippen LogP contribution is 2.36. The molecule has 0 amide bonds. The lowest BCUT2D eigenvalue weighted by molar-refractivity contribution is 0.0320. The Hall–Kier alpha value is -2.44. The first-order valence-electron chi connectivity index (χ1n) is 8.23. The topological polar surface area (TPSA) is 44.7 Å². The first-order chi connectivity index (χ1) is 12.1. The van der Waals surface area contributed by atoms with Crippen LogP contribution in [0.5, 0.6) is 5.75 Å². The highest BCUT2D eigenvalue weighted by molar-refractivity contribution is 5.87. The third-order valence-electron chi connectivity index (χ3n) is 4.49. The molecule has 2 N–H and O–H groups in total. The fourth-order valence-electron chi connectivity index (χ4n) is 3.23. The number of aliphatic hydroxyl groups is 1. The lowest BCUT2D eigenvalue weighted by Crippen LogP contribution is -2.43. The number of fused-ring (bicyclic) bond motifs is 1. The summed E-state index contributed by atoms with van der Waals surface area (Å²) in [4.78, 5) is 2.24. The summed E-state index contributed by atoms with van der Waals surface area (Å²) in [6.07, 6.45) is 0.436. The zero-order valence-electron chi connectivity index (χ0n) is 13.5. The van der Waals surface area contributed by atoms with Gasteiger partial charge in [-0.25, -0.2) is 8.78 Å². The van der Waals surface area contributed by atoms with E-state index in [0.29, 0.717) is 11.3 Å². The van der Waals surface area contributed by atoms with Crippen molar-refractivity contribution in [1.82, 2.24) is 5.32 Å². The van der Waals surface area contributed by atoms with Crippen molar-refractivity contribution < 1.29 is 18.6 Å². The molecule has 0 spiro atoms. The molecule has 2 heterocycles. The standard InChI is InChI=1S/C19H18F2N2O2/c20-14-7-13(8-15(21)10-14)17-9-12-1-2-16(11-18(12)25-19(17)24)23-5-3-22-4-6-23/h1-2,7-11,19,22,24H,3-6H2. The molecule has 1 unspecified atom stereocenters. The number of hydrogen-bond acceptors (Lipinski definition) is 4. The Bertz CT molecular complexity index is 812. The van der Waals surface area contributed by atoms with Crippen molar-refractivity contribution in [3.05, 3.63) is 59.2 Å². The summed E-state index contributed by atoms with van der Waals surface area (Å²) in [5, 5.41) is 13.6. The molecule has 2 aliphatic rings. The van der Waals surface area contributed by atoms with Gasteiger partial charge in [0.05, 0.1) is 0 Å². The predicted molar refractivity (Wildman–Crippen MR) is 92.4 cm³/mol. The summed E-state index contributed by atoms with van der Waals surface area (Å²) < 4.78 is 32.5. The maximum Gasteiger partial charge on any atom is 0.224 e. The Morgan fingerprint density at radius 2 is 1.76 bits per heavy atom. The number of nitrogens with one attached hydrogen (secondary N) is 1. The van der Waals surface area contributed by atoms with E-state index in [-0.39, 0.29) is 5.56 Å². The van der Waals surface area contributed by atoms with Gasteiger partial charge in [-0.15, -0.1) is 0 Å². The van der Waals surface area contributed by atoms with Gasteiger partial charge in [0.1, 0.15) is 17.4 Å². The van der Waals surface area contributed by atoms with E-state index in [9.17, 15) is 13.9 Å². The summed E-state index contributed by atoms with van der Waals surface area (Å²) in [7, 11) is 0. The van der Waals surface area contributed by atoms with Gasteiger partial charge < -0.3 is 20.1 Å². The molecule has 0 bridgehead atoms. The van der Waals surface area contributed by atoms with E-state index in [1.54, 1.807) is 6.08 Å². The summed E-state index contributed by atoms with van der Waals surface area (Å²) in [5.41, 5.74) is 2.40. The molecule has 2 aliphatic heterocycles. The first kappa shape index (κ1) is 16.1. The van der Waals surface area contributed by atoms with Crippen LogP contribution in [0.25, 0.3) is 11.6 Å². The third kappa shape index (κ3) is 3.23. The lowest BCUT2D eigenvalue weighted by atomic mass is 9.99. The van der Waals surface area contributed by atoms with Gasteiger partial charge in [0, 0.05) is 55.1 Å². The summed E-state index contributed by atoms with van der Waals surface area (Å²) >= 11 is 0.